The van der Waals surface area contributed by atoms with E-state index in [4.69, 9.17) is 33.5 Å². The Morgan fingerprint density at radius 2 is 2.12 bits per heavy atom. The van der Waals surface area contributed by atoms with Crippen LogP contribution < -0.4 is 11.2 Å². The van der Waals surface area contributed by atoms with Crippen LogP contribution in [0.15, 0.2) is 40.1 Å². The van der Waals surface area contributed by atoms with Gasteiger partial charge in [0.2, 0.25) is 11.1 Å². The Morgan fingerprint density at radius 1 is 1.35 bits per heavy atom. The Morgan fingerprint density at radius 3 is 2.77 bits per heavy atom. The fraction of sp³-hybridized carbons (Fsp3) is 0.188. The number of nitrogens with zero attached hydrogens (tertiary/aromatic N) is 3. The van der Waals surface area contributed by atoms with Crippen molar-refractivity contribution in [1.29, 1.82) is 0 Å². The molecule has 3 rings (SSSR count). The third kappa shape index (κ3) is 3.82. The molecule has 1 atom stereocenters. The Hall–Kier alpha value is -2.16. The van der Waals surface area contributed by atoms with Crippen LogP contribution in [-0.2, 0) is 4.79 Å². The van der Waals surface area contributed by atoms with Gasteiger partial charge in [-0.05, 0) is 38.1 Å². The molecule has 0 aliphatic rings. The lowest BCUT2D eigenvalue weighted by atomic mass is 10.2. The van der Waals surface area contributed by atoms with Gasteiger partial charge in [-0.1, -0.05) is 35.0 Å². The average Bonchev–Trinajstić information content (AvgIpc) is 3.16. The summed E-state index contributed by atoms with van der Waals surface area (Å²) in [7, 11) is 0. The number of hydrogen-bond acceptors (Lipinski definition) is 6. The zero-order valence-corrected chi connectivity index (χ0v) is 16.2. The quantitative estimate of drug-likeness (QED) is 0.486. The van der Waals surface area contributed by atoms with Crippen LogP contribution in [0, 0.1) is 6.92 Å². The normalized spacial score (nSPS) is 12.2. The number of anilines is 1. The van der Waals surface area contributed by atoms with Crippen molar-refractivity contribution in [3.63, 3.8) is 0 Å². The van der Waals surface area contributed by atoms with Gasteiger partial charge in [0.1, 0.15) is 5.76 Å². The highest BCUT2D eigenvalue weighted by atomic mass is 35.5. The van der Waals surface area contributed by atoms with Gasteiger partial charge in [0, 0.05) is 5.02 Å². The SMILES string of the molecule is Cc1occc1-c1nnc(SC(C)C(=O)Nc2ccc(Cl)cc2Cl)n1N. The molecule has 0 aliphatic carbocycles. The lowest BCUT2D eigenvalue weighted by Gasteiger charge is -2.12. The number of nitrogens with one attached hydrogen (secondary N) is 1. The van der Waals surface area contributed by atoms with E-state index in [0.717, 1.165) is 5.56 Å². The second-order valence-electron chi connectivity index (χ2n) is 5.44. The molecule has 0 bridgehead atoms. The van der Waals surface area contributed by atoms with Crippen LogP contribution in [0.5, 0.6) is 0 Å². The van der Waals surface area contributed by atoms with E-state index in [9.17, 15) is 4.79 Å². The van der Waals surface area contributed by atoms with Crippen molar-refractivity contribution in [2.24, 2.45) is 0 Å². The molecule has 3 N–H and O–H groups in total. The summed E-state index contributed by atoms with van der Waals surface area (Å²) in [6, 6.07) is 6.62. The standard InChI is InChI=1S/C16H15Cl2N5O2S/c1-8-11(5-6-25-8)14-21-22-16(23(14)19)26-9(2)15(24)20-13-4-3-10(17)7-12(13)18/h3-7,9H,19H2,1-2H3,(H,20,24). The van der Waals surface area contributed by atoms with E-state index in [2.05, 4.69) is 15.5 Å². The molecule has 1 amide bonds. The van der Waals surface area contributed by atoms with Crippen molar-refractivity contribution < 1.29 is 9.21 Å². The average molecular weight is 412 g/mol. The van der Waals surface area contributed by atoms with E-state index < -0.39 is 5.25 Å². The maximum absolute atomic E-state index is 12.4. The molecule has 2 aromatic heterocycles. The van der Waals surface area contributed by atoms with Crippen molar-refractivity contribution >= 4 is 46.6 Å². The summed E-state index contributed by atoms with van der Waals surface area (Å²) in [5.74, 6) is 6.97. The van der Waals surface area contributed by atoms with E-state index in [1.54, 1.807) is 37.5 Å². The lowest BCUT2D eigenvalue weighted by Crippen LogP contribution is -2.23. The molecular weight excluding hydrogens is 397 g/mol. The molecule has 10 heteroatoms. The number of furan rings is 1. The summed E-state index contributed by atoms with van der Waals surface area (Å²) in [5, 5.41) is 11.7. The highest BCUT2D eigenvalue weighted by molar-refractivity contribution is 8.00. The number of nitrogen functional groups attached to an aromatic ring is 1. The Balaban J connectivity index is 1.72. The molecule has 2 heterocycles. The smallest absolute Gasteiger partial charge is 0.237 e. The van der Waals surface area contributed by atoms with Gasteiger partial charge in [-0.2, -0.15) is 0 Å². The first-order valence-electron chi connectivity index (χ1n) is 7.54. The second kappa shape index (κ2) is 7.61. The number of thioether (sulfide) groups is 1. The Labute approximate surface area is 163 Å². The molecular formula is C16H15Cl2N5O2S. The van der Waals surface area contributed by atoms with Gasteiger partial charge in [-0.25, -0.2) is 4.68 Å². The Bertz CT molecular complexity index is 956. The number of aromatic nitrogens is 3. The van der Waals surface area contributed by atoms with Crippen LogP contribution in [-0.4, -0.2) is 26.0 Å². The van der Waals surface area contributed by atoms with Gasteiger partial charge in [-0.15, -0.1) is 10.2 Å². The van der Waals surface area contributed by atoms with Crippen molar-refractivity contribution in [3.05, 3.63) is 46.3 Å². The van der Waals surface area contributed by atoms with Crippen molar-refractivity contribution in [2.75, 3.05) is 11.2 Å². The van der Waals surface area contributed by atoms with E-state index >= 15 is 0 Å². The number of nitrogens with two attached hydrogens (primary N) is 1. The summed E-state index contributed by atoms with van der Waals surface area (Å²) in [5.41, 5.74) is 1.23. The summed E-state index contributed by atoms with van der Waals surface area (Å²) >= 11 is 13.1. The first kappa shape index (κ1) is 18.6. The summed E-state index contributed by atoms with van der Waals surface area (Å²) in [6.45, 7) is 3.55. The minimum atomic E-state index is -0.480. The molecule has 26 heavy (non-hydrogen) atoms. The van der Waals surface area contributed by atoms with Crippen molar-refractivity contribution in [3.8, 4) is 11.4 Å². The van der Waals surface area contributed by atoms with Gasteiger partial charge >= 0.3 is 0 Å². The molecule has 0 radical (unpaired) electrons. The number of amides is 1. The fourth-order valence-electron chi connectivity index (χ4n) is 2.19. The molecule has 0 saturated carbocycles. The number of carbonyl (C=O) groups is 1. The predicted molar refractivity (Wildman–Crippen MR) is 103 cm³/mol. The van der Waals surface area contributed by atoms with Crippen LogP contribution in [0.1, 0.15) is 12.7 Å². The summed E-state index contributed by atoms with van der Waals surface area (Å²) in [6.07, 6.45) is 1.55. The van der Waals surface area contributed by atoms with Gasteiger partial charge < -0.3 is 15.6 Å². The zero-order chi connectivity index (χ0) is 18.8. The molecule has 7 nitrogen and oxygen atoms in total. The van der Waals surface area contributed by atoms with Crippen LogP contribution in [0.2, 0.25) is 10.0 Å². The summed E-state index contributed by atoms with van der Waals surface area (Å²) < 4.78 is 6.59. The van der Waals surface area contributed by atoms with Crippen LogP contribution in [0.3, 0.4) is 0 Å². The molecule has 136 valence electrons. The molecule has 0 aliphatic heterocycles. The van der Waals surface area contributed by atoms with Crippen LogP contribution in [0.4, 0.5) is 5.69 Å². The number of halogens is 2. The van der Waals surface area contributed by atoms with Gasteiger partial charge in [0.15, 0.2) is 5.82 Å². The molecule has 0 saturated heterocycles. The lowest BCUT2D eigenvalue weighted by molar-refractivity contribution is -0.115. The topological polar surface area (TPSA) is 99.0 Å². The largest absolute Gasteiger partial charge is 0.469 e. The third-order valence-corrected chi connectivity index (χ3v) is 5.21. The predicted octanol–water partition coefficient (Wildman–Crippen LogP) is 3.99. The van der Waals surface area contributed by atoms with Crippen LogP contribution >= 0.6 is 35.0 Å². The first-order valence-corrected chi connectivity index (χ1v) is 9.18. The molecule has 1 aromatic carbocycles. The highest BCUT2D eigenvalue weighted by Crippen LogP contribution is 2.29. The van der Waals surface area contributed by atoms with Gasteiger partial charge in [-0.3, -0.25) is 4.79 Å². The minimum Gasteiger partial charge on any atom is -0.469 e. The number of benzene rings is 1. The van der Waals surface area contributed by atoms with Gasteiger partial charge in [0.05, 0.1) is 27.8 Å². The molecule has 1 unspecified atom stereocenters. The van der Waals surface area contributed by atoms with E-state index in [1.165, 1.54) is 16.4 Å². The fourth-order valence-corrected chi connectivity index (χ4v) is 3.42. The maximum Gasteiger partial charge on any atom is 0.237 e. The number of aryl methyl sites for hydroxylation is 1. The van der Waals surface area contributed by atoms with Gasteiger partial charge in [0.25, 0.3) is 0 Å². The monoisotopic (exact) mass is 411 g/mol. The number of hydrogen-bond donors (Lipinski definition) is 2. The highest BCUT2D eigenvalue weighted by Gasteiger charge is 2.21. The van der Waals surface area contributed by atoms with Crippen LogP contribution in [0.25, 0.3) is 11.4 Å². The molecule has 0 spiro atoms. The van der Waals surface area contributed by atoms with E-state index in [1.807, 2.05) is 6.92 Å². The Kier molecular flexibility index (Phi) is 5.45. The number of carbonyl (C=O) groups excluding carboxylic acids is 1. The van der Waals surface area contributed by atoms with Crippen molar-refractivity contribution in [2.45, 2.75) is 24.3 Å². The zero-order valence-electron chi connectivity index (χ0n) is 13.9. The second-order valence-corrected chi connectivity index (χ2v) is 7.59. The minimum absolute atomic E-state index is 0.247. The molecule has 3 aromatic rings. The van der Waals surface area contributed by atoms with E-state index in [0.29, 0.717) is 32.5 Å². The maximum atomic E-state index is 12.4. The molecule has 0 fully saturated rings. The summed E-state index contributed by atoms with van der Waals surface area (Å²) in [4.78, 5) is 12.4. The van der Waals surface area contributed by atoms with E-state index in [-0.39, 0.29) is 5.91 Å². The number of rotatable bonds is 5. The first-order chi connectivity index (χ1) is 12.4. The van der Waals surface area contributed by atoms with Crippen molar-refractivity contribution in [1.82, 2.24) is 14.9 Å². The third-order valence-electron chi connectivity index (χ3n) is 3.60.